The van der Waals surface area contributed by atoms with E-state index in [-0.39, 0.29) is 23.2 Å². The molecule has 106 valence electrons. The molecule has 1 aromatic heterocycles. The van der Waals surface area contributed by atoms with Crippen molar-refractivity contribution in [2.45, 2.75) is 24.5 Å². The Morgan fingerprint density at radius 2 is 2.21 bits per heavy atom. The zero-order chi connectivity index (χ0) is 14.3. The lowest BCUT2D eigenvalue weighted by atomic mass is 9.77. The highest BCUT2D eigenvalue weighted by atomic mass is 32.2. The Kier molecular flexibility index (Phi) is 3.72. The Bertz CT molecular complexity index is 565. The molecule has 1 N–H and O–H groups in total. The summed E-state index contributed by atoms with van der Waals surface area (Å²) >= 11 is 1.16. The first kappa shape index (κ1) is 14.5. The molecular formula is C12H17NO4S2. The van der Waals surface area contributed by atoms with Gasteiger partial charge in [-0.15, -0.1) is 11.3 Å². The molecule has 2 rings (SSSR count). The molecule has 0 bridgehead atoms. The van der Waals surface area contributed by atoms with E-state index in [1.807, 2.05) is 13.8 Å². The van der Waals surface area contributed by atoms with Crippen LogP contribution in [0, 0.1) is 11.3 Å². The lowest BCUT2D eigenvalue weighted by Crippen LogP contribution is -2.40. The minimum absolute atomic E-state index is 0.0558. The molecule has 0 aromatic carbocycles. The van der Waals surface area contributed by atoms with E-state index >= 15 is 0 Å². The molecule has 1 aliphatic rings. The third kappa shape index (κ3) is 2.30. The van der Waals surface area contributed by atoms with Gasteiger partial charge in [-0.2, -0.15) is 4.31 Å². The number of nitrogens with zero attached hydrogens (tertiary/aromatic N) is 1. The molecule has 0 radical (unpaired) electrons. The standard InChI is InChI=1S/C12H17NO4S2/c1-9(2)12(11(14)15)5-6-13(8-12)19(16,17)10-4-3-7-18-10/h3-4,7,9H,5-6,8H2,1-2H3,(H,14,15). The van der Waals surface area contributed by atoms with Gasteiger partial charge in [-0.25, -0.2) is 8.42 Å². The summed E-state index contributed by atoms with van der Waals surface area (Å²) in [6.07, 6.45) is 0.366. The highest BCUT2D eigenvalue weighted by Crippen LogP contribution is 2.40. The SMILES string of the molecule is CC(C)C1(C(=O)O)CCN(S(=O)(=O)c2cccs2)C1. The van der Waals surface area contributed by atoms with Gasteiger partial charge in [0.2, 0.25) is 0 Å². The summed E-state index contributed by atoms with van der Waals surface area (Å²) in [5.41, 5.74) is -0.968. The number of hydrogen-bond donors (Lipinski definition) is 1. The van der Waals surface area contributed by atoms with Crippen molar-refractivity contribution in [3.63, 3.8) is 0 Å². The topological polar surface area (TPSA) is 74.7 Å². The van der Waals surface area contributed by atoms with Crippen LogP contribution in [0.25, 0.3) is 0 Å². The predicted molar refractivity (Wildman–Crippen MR) is 72.6 cm³/mol. The van der Waals surface area contributed by atoms with E-state index < -0.39 is 21.4 Å². The van der Waals surface area contributed by atoms with E-state index in [1.165, 1.54) is 4.31 Å². The maximum atomic E-state index is 12.4. The number of carbonyl (C=O) groups is 1. The maximum Gasteiger partial charge on any atom is 0.311 e. The molecule has 1 fully saturated rings. The zero-order valence-electron chi connectivity index (χ0n) is 10.9. The van der Waals surface area contributed by atoms with Crippen molar-refractivity contribution < 1.29 is 18.3 Å². The van der Waals surface area contributed by atoms with Crippen molar-refractivity contribution in [1.82, 2.24) is 4.31 Å². The van der Waals surface area contributed by atoms with E-state index in [0.717, 1.165) is 11.3 Å². The van der Waals surface area contributed by atoms with Crippen LogP contribution < -0.4 is 0 Å². The molecule has 0 aliphatic carbocycles. The fraction of sp³-hybridized carbons (Fsp3) is 0.583. The fourth-order valence-electron chi connectivity index (χ4n) is 2.43. The van der Waals surface area contributed by atoms with Crippen molar-refractivity contribution in [2.75, 3.05) is 13.1 Å². The van der Waals surface area contributed by atoms with Crippen molar-refractivity contribution in [1.29, 1.82) is 0 Å². The molecule has 5 nitrogen and oxygen atoms in total. The molecule has 19 heavy (non-hydrogen) atoms. The van der Waals surface area contributed by atoms with E-state index in [4.69, 9.17) is 0 Å². The number of hydrogen-bond acceptors (Lipinski definition) is 4. The minimum Gasteiger partial charge on any atom is -0.481 e. The van der Waals surface area contributed by atoms with Gasteiger partial charge < -0.3 is 5.11 Å². The van der Waals surface area contributed by atoms with Gasteiger partial charge >= 0.3 is 5.97 Å². The first-order chi connectivity index (χ1) is 8.80. The monoisotopic (exact) mass is 303 g/mol. The number of carboxylic acid groups (broad SMARTS) is 1. The number of thiophene rings is 1. The van der Waals surface area contributed by atoms with Gasteiger partial charge in [0.25, 0.3) is 10.0 Å². The summed E-state index contributed by atoms with van der Waals surface area (Å²) in [4.78, 5) is 11.5. The lowest BCUT2D eigenvalue weighted by molar-refractivity contribution is -0.150. The molecule has 2 heterocycles. The van der Waals surface area contributed by atoms with Crippen LogP contribution in [0.1, 0.15) is 20.3 Å². The Labute approximate surface area is 116 Å². The molecule has 1 unspecified atom stereocenters. The van der Waals surface area contributed by atoms with Gasteiger partial charge in [0.05, 0.1) is 5.41 Å². The molecule has 0 saturated carbocycles. The van der Waals surface area contributed by atoms with Crippen LogP contribution in [0.3, 0.4) is 0 Å². The van der Waals surface area contributed by atoms with Crippen LogP contribution in [0.15, 0.2) is 21.7 Å². The lowest BCUT2D eigenvalue weighted by Gasteiger charge is -2.28. The largest absolute Gasteiger partial charge is 0.481 e. The quantitative estimate of drug-likeness (QED) is 0.921. The van der Waals surface area contributed by atoms with Gasteiger partial charge in [0.15, 0.2) is 0 Å². The normalized spacial score (nSPS) is 25.0. The molecule has 0 amide bonds. The summed E-state index contributed by atoms with van der Waals surface area (Å²) in [7, 11) is -3.54. The third-order valence-corrected chi connectivity index (χ3v) is 7.10. The van der Waals surface area contributed by atoms with Crippen molar-refractivity contribution in [2.24, 2.45) is 11.3 Å². The molecule has 1 aliphatic heterocycles. The minimum atomic E-state index is -3.54. The third-order valence-electron chi connectivity index (χ3n) is 3.89. The number of carboxylic acids is 1. The van der Waals surface area contributed by atoms with E-state index in [9.17, 15) is 18.3 Å². The van der Waals surface area contributed by atoms with Crippen molar-refractivity contribution in [3.05, 3.63) is 17.5 Å². The fourth-order valence-corrected chi connectivity index (χ4v) is 5.09. The van der Waals surface area contributed by atoms with Crippen LogP contribution in [0.5, 0.6) is 0 Å². The van der Waals surface area contributed by atoms with E-state index in [2.05, 4.69) is 0 Å². The molecule has 1 atom stereocenters. The highest BCUT2D eigenvalue weighted by molar-refractivity contribution is 7.91. The number of rotatable bonds is 4. The Hall–Kier alpha value is -0.920. The maximum absolute atomic E-state index is 12.4. The number of aliphatic carboxylic acids is 1. The first-order valence-electron chi connectivity index (χ1n) is 6.08. The van der Waals surface area contributed by atoms with Crippen LogP contribution in [0.4, 0.5) is 0 Å². The summed E-state index contributed by atoms with van der Waals surface area (Å²) in [6.45, 7) is 3.98. The van der Waals surface area contributed by atoms with E-state index in [0.29, 0.717) is 6.42 Å². The van der Waals surface area contributed by atoms with Crippen molar-refractivity contribution in [3.8, 4) is 0 Å². The average Bonchev–Trinajstić information content (AvgIpc) is 3.00. The smallest absolute Gasteiger partial charge is 0.311 e. The van der Waals surface area contributed by atoms with Crippen molar-refractivity contribution >= 4 is 27.3 Å². The Morgan fingerprint density at radius 1 is 1.53 bits per heavy atom. The molecule has 1 saturated heterocycles. The zero-order valence-corrected chi connectivity index (χ0v) is 12.5. The van der Waals surface area contributed by atoms with Gasteiger partial charge in [-0.3, -0.25) is 4.79 Å². The Morgan fingerprint density at radius 3 is 2.63 bits per heavy atom. The molecule has 7 heteroatoms. The van der Waals surface area contributed by atoms with Crippen LogP contribution in [0.2, 0.25) is 0 Å². The van der Waals surface area contributed by atoms with Gasteiger partial charge in [0, 0.05) is 13.1 Å². The predicted octanol–water partition coefficient (Wildman–Crippen LogP) is 1.87. The average molecular weight is 303 g/mol. The number of sulfonamides is 1. The van der Waals surface area contributed by atoms with Gasteiger partial charge in [0.1, 0.15) is 4.21 Å². The summed E-state index contributed by atoms with van der Waals surface area (Å²) < 4.78 is 26.3. The second-order valence-corrected chi connectivity index (χ2v) is 8.25. The Balaban J connectivity index is 2.30. The molecule has 0 spiro atoms. The second-order valence-electron chi connectivity index (χ2n) is 5.14. The summed E-state index contributed by atoms with van der Waals surface area (Å²) in [6, 6.07) is 3.23. The van der Waals surface area contributed by atoms with Crippen LogP contribution >= 0.6 is 11.3 Å². The first-order valence-corrected chi connectivity index (χ1v) is 8.40. The van der Waals surface area contributed by atoms with E-state index in [1.54, 1.807) is 17.5 Å². The highest BCUT2D eigenvalue weighted by Gasteiger charge is 2.50. The van der Waals surface area contributed by atoms with Gasteiger partial charge in [-0.05, 0) is 23.8 Å². The van der Waals surface area contributed by atoms with Crippen LogP contribution in [-0.2, 0) is 14.8 Å². The summed E-state index contributed by atoms with van der Waals surface area (Å²) in [5.74, 6) is -1.01. The molecular weight excluding hydrogens is 286 g/mol. The van der Waals surface area contributed by atoms with Gasteiger partial charge in [-0.1, -0.05) is 19.9 Å². The van der Waals surface area contributed by atoms with Crippen LogP contribution in [-0.4, -0.2) is 36.9 Å². The molecule has 1 aromatic rings. The second kappa shape index (κ2) is 4.88. The summed E-state index contributed by atoms with van der Waals surface area (Å²) in [5, 5.41) is 11.1.